The van der Waals surface area contributed by atoms with Crippen LogP contribution in [0.1, 0.15) is 53.4 Å². The molecule has 1 aliphatic heterocycles. The minimum absolute atomic E-state index is 0.0234. The van der Waals surface area contributed by atoms with Crippen molar-refractivity contribution >= 4 is 22.5 Å². The first-order valence-corrected chi connectivity index (χ1v) is 9.14. The summed E-state index contributed by atoms with van der Waals surface area (Å²) in [5.74, 6) is 0.380. The first kappa shape index (κ1) is 16.6. The van der Waals surface area contributed by atoms with Crippen LogP contribution in [0.5, 0.6) is 0 Å². The van der Waals surface area contributed by atoms with Crippen LogP contribution in [0.2, 0.25) is 0 Å². The molecule has 2 aromatic carbocycles. The third kappa shape index (κ3) is 2.62. The molecule has 0 saturated carbocycles. The van der Waals surface area contributed by atoms with Crippen molar-refractivity contribution in [2.24, 2.45) is 0 Å². The van der Waals surface area contributed by atoms with Gasteiger partial charge in [0, 0.05) is 11.9 Å². The Bertz CT molecular complexity index is 982. The Hall–Kier alpha value is -2.88. The molecule has 2 N–H and O–H groups in total. The number of hydrogen-bond acceptors (Lipinski definition) is 3. The number of carbonyl (C=O) groups is 1. The molecule has 0 fully saturated rings. The Labute approximate surface area is 153 Å². The van der Waals surface area contributed by atoms with Crippen molar-refractivity contribution < 1.29 is 4.79 Å². The molecule has 0 aliphatic carbocycles. The third-order valence-corrected chi connectivity index (χ3v) is 5.36. The standard InChI is InChI=1S/C22H23N3O/c1-3-14(2)16-10-7-11-17-20(23)19-18(24-21(16)17)13-25(22(19)26)12-15-8-5-4-6-9-15/h4-11,14H,3,12-13H2,1-2H3,(H2,23,24). The minimum Gasteiger partial charge on any atom is -0.397 e. The zero-order valence-electron chi connectivity index (χ0n) is 15.2. The summed E-state index contributed by atoms with van der Waals surface area (Å²) in [5.41, 5.74) is 11.6. The summed E-state index contributed by atoms with van der Waals surface area (Å²) in [7, 11) is 0. The highest BCUT2D eigenvalue weighted by Gasteiger charge is 2.32. The van der Waals surface area contributed by atoms with Crippen LogP contribution in [-0.2, 0) is 13.1 Å². The number of rotatable bonds is 4. The molecule has 0 bridgehead atoms. The Morgan fingerprint density at radius 2 is 1.92 bits per heavy atom. The number of hydrogen-bond donors (Lipinski definition) is 1. The lowest BCUT2D eigenvalue weighted by Gasteiger charge is -2.15. The maximum absolute atomic E-state index is 12.9. The van der Waals surface area contributed by atoms with Crippen LogP contribution in [0.3, 0.4) is 0 Å². The highest BCUT2D eigenvalue weighted by Crippen LogP contribution is 2.36. The summed E-state index contributed by atoms with van der Waals surface area (Å²) in [6.07, 6.45) is 1.04. The van der Waals surface area contributed by atoms with E-state index in [0.29, 0.717) is 30.3 Å². The fourth-order valence-corrected chi connectivity index (χ4v) is 3.70. The van der Waals surface area contributed by atoms with Gasteiger partial charge in [-0.2, -0.15) is 0 Å². The number of aromatic nitrogens is 1. The molecule has 0 saturated heterocycles. The van der Waals surface area contributed by atoms with Crippen molar-refractivity contribution in [3.05, 3.63) is 70.9 Å². The van der Waals surface area contributed by atoms with Crippen LogP contribution in [0, 0.1) is 0 Å². The molecule has 1 aromatic heterocycles. The average molecular weight is 345 g/mol. The number of nitrogens with two attached hydrogens (primary N) is 1. The van der Waals surface area contributed by atoms with E-state index in [-0.39, 0.29) is 5.91 Å². The lowest BCUT2D eigenvalue weighted by atomic mass is 9.94. The Balaban J connectivity index is 1.78. The van der Waals surface area contributed by atoms with Gasteiger partial charge in [0.2, 0.25) is 0 Å². The molecular weight excluding hydrogens is 322 g/mol. The van der Waals surface area contributed by atoms with Gasteiger partial charge in [0.05, 0.1) is 29.0 Å². The van der Waals surface area contributed by atoms with E-state index in [2.05, 4.69) is 19.9 Å². The number of anilines is 1. The smallest absolute Gasteiger partial charge is 0.258 e. The van der Waals surface area contributed by atoms with Crippen molar-refractivity contribution in [1.82, 2.24) is 9.88 Å². The quantitative estimate of drug-likeness (QED) is 0.758. The molecule has 1 amide bonds. The molecule has 4 rings (SSSR count). The van der Waals surface area contributed by atoms with E-state index in [0.717, 1.165) is 28.6 Å². The molecule has 2 heterocycles. The van der Waals surface area contributed by atoms with Gasteiger partial charge in [-0.05, 0) is 23.5 Å². The van der Waals surface area contributed by atoms with E-state index in [1.165, 1.54) is 5.56 Å². The zero-order chi connectivity index (χ0) is 18.3. The van der Waals surface area contributed by atoms with Gasteiger partial charge in [-0.3, -0.25) is 4.79 Å². The highest BCUT2D eigenvalue weighted by molar-refractivity contribution is 6.09. The molecule has 4 nitrogen and oxygen atoms in total. The second-order valence-corrected chi connectivity index (χ2v) is 7.05. The van der Waals surface area contributed by atoms with Gasteiger partial charge in [-0.15, -0.1) is 0 Å². The number of carbonyl (C=O) groups excluding carboxylic acids is 1. The molecule has 0 spiro atoms. The fourth-order valence-electron chi connectivity index (χ4n) is 3.70. The van der Waals surface area contributed by atoms with Crippen LogP contribution in [0.25, 0.3) is 10.9 Å². The van der Waals surface area contributed by atoms with Gasteiger partial charge >= 0.3 is 0 Å². The van der Waals surface area contributed by atoms with Gasteiger partial charge in [-0.1, -0.05) is 62.4 Å². The van der Waals surface area contributed by atoms with E-state index < -0.39 is 0 Å². The van der Waals surface area contributed by atoms with Crippen LogP contribution in [0.4, 0.5) is 5.69 Å². The summed E-state index contributed by atoms with van der Waals surface area (Å²) in [6.45, 7) is 5.46. The molecular formula is C22H23N3O. The van der Waals surface area contributed by atoms with E-state index in [1.807, 2.05) is 47.4 Å². The van der Waals surface area contributed by atoms with E-state index >= 15 is 0 Å². The topological polar surface area (TPSA) is 59.2 Å². The number of para-hydroxylation sites is 1. The van der Waals surface area contributed by atoms with Crippen LogP contribution in [-0.4, -0.2) is 15.8 Å². The minimum atomic E-state index is -0.0234. The van der Waals surface area contributed by atoms with Crippen molar-refractivity contribution in [3.8, 4) is 0 Å². The molecule has 1 unspecified atom stereocenters. The first-order valence-electron chi connectivity index (χ1n) is 9.14. The van der Waals surface area contributed by atoms with Gasteiger partial charge in [0.15, 0.2) is 0 Å². The number of nitrogens with zero attached hydrogens (tertiary/aromatic N) is 2. The predicted octanol–water partition coefficient (Wildman–Crippen LogP) is 4.49. The van der Waals surface area contributed by atoms with Crippen LogP contribution in [0.15, 0.2) is 48.5 Å². The van der Waals surface area contributed by atoms with Crippen LogP contribution >= 0.6 is 0 Å². The van der Waals surface area contributed by atoms with Crippen molar-refractivity contribution in [1.29, 1.82) is 0 Å². The maximum Gasteiger partial charge on any atom is 0.258 e. The van der Waals surface area contributed by atoms with Gasteiger partial charge in [-0.25, -0.2) is 4.98 Å². The largest absolute Gasteiger partial charge is 0.397 e. The Morgan fingerprint density at radius 1 is 1.15 bits per heavy atom. The molecule has 1 aliphatic rings. The van der Waals surface area contributed by atoms with Gasteiger partial charge < -0.3 is 10.6 Å². The highest BCUT2D eigenvalue weighted by atomic mass is 16.2. The van der Waals surface area contributed by atoms with Crippen molar-refractivity contribution in [2.75, 3.05) is 5.73 Å². The monoisotopic (exact) mass is 345 g/mol. The second kappa shape index (κ2) is 6.45. The Morgan fingerprint density at radius 3 is 2.65 bits per heavy atom. The van der Waals surface area contributed by atoms with Crippen molar-refractivity contribution in [2.45, 2.75) is 39.3 Å². The summed E-state index contributed by atoms with van der Waals surface area (Å²) in [4.78, 5) is 19.7. The van der Waals surface area contributed by atoms with E-state index in [9.17, 15) is 4.79 Å². The molecule has 1 atom stereocenters. The average Bonchev–Trinajstić information content (AvgIpc) is 2.97. The summed E-state index contributed by atoms with van der Waals surface area (Å²) < 4.78 is 0. The predicted molar refractivity (Wildman–Crippen MR) is 105 cm³/mol. The number of amides is 1. The third-order valence-electron chi connectivity index (χ3n) is 5.36. The van der Waals surface area contributed by atoms with Gasteiger partial charge in [0.25, 0.3) is 5.91 Å². The van der Waals surface area contributed by atoms with E-state index in [4.69, 9.17) is 10.7 Å². The number of fused-ring (bicyclic) bond motifs is 2. The summed E-state index contributed by atoms with van der Waals surface area (Å²) >= 11 is 0. The normalized spacial score (nSPS) is 14.7. The first-order chi connectivity index (χ1) is 12.6. The molecule has 0 radical (unpaired) electrons. The number of nitrogen functional groups attached to an aromatic ring is 1. The van der Waals surface area contributed by atoms with E-state index in [1.54, 1.807) is 0 Å². The molecule has 26 heavy (non-hydrogen) atoms. The lowest BCUT2D eigenvalue weighted by Crippen LogP contribution is -2.23. The summed E-state index contributed by atoms with van der Waals surface area (Å²) in [6, 6.07) is 16.1. The Kier molecular flexibility index (Phi) is 4.11. The lowest BCUT2D eigenvalue weighted by molar-refractivity contribution is 0.0767. The number of pyridine rings is 1. The molecule has 3 aromatic rings. The second-order valence-electron chi connectivity index (χ2n) is 7.05. The zero-order valence-corrected chi connectivity index (χ0v) is 15.2. The molecule has 132 valence electrons. The fraction of sp³-hybridized carbons (Fsp3) is 0.273. The SMILES string of the molecule is CCC(C)c1cccc2c(N)c3c(nc12)CN(Cc1ccccc1)C3=O. The summed E-state index contributed by atoms with van der Waals surface area (Å²) in [5, 5.41) is 0.886. The van der Waals surface area contributed by atoms with Crippen molar-refractivity contribution in [3.63, 3.8) is 0 Å². The number of benzene rings is 2. The molecule has 4 heteroatoms. The maximum atomic E-state index is 12.9. The van der Waals surface area contributed by atoms with Crippen LogP contribution < -0.4 is 5.73 Å². The van der Waals surface area contributed by atoms with Gasteiger partial charge in [0.1, 0.15) is 0 Å².